The van der Waals surface area contributed by atoms with Crippen LogP contribution in [0.3, 0.4) is 0 Å². The molecule has 0 aromatic heterocycles. The predicted molar refractivity (Wildman–Crippen MR) is 89.9 cm³/mol. The van der Waals surface area contributed by atoms with Crippen LogP contribution < -0.4 is 0 Å². The summed E-state index contributed by atoms with van der Waals surface area (Å²) in [6.45, 7) is 3.26. The highest BCUT2D eigenvalue weighted by Gasteiger charge is 2.25. The van der Waals surface area contributed by atoms with Crippen molar-refractivity contribution in [3.63, 3.8) is 0 Å². The van der Waals surface area contributed by atoms with E-state index in [9.17, 15) is 5.11 Å². The van der Waals surface area contributed by atoms with Gasteiger partial charge in [-0.05, 0) is 59.7 Å². The Hall–Kier alpha value is -2.06. The molecule has 2 aromatic carbocycles. The second-order valence-corrected chi connectivity index (χ2v) is 6.41. The Morgan fingerprint density at radius 2 is 2.05 bits per heavy atom. The summed E-state index contributed by atoms with van der Waals surface area (Å²) in [5.74, 6) is 0.921. The van der Waals surface area contributed by atoms with E-state index in [1.165, 1.54) is 28.7 Å². The van der Waals surface area contributed by atoms with E-state index in [2.05, 4.69) is 41.3 Å². The largest absolute Gasteiger partial charge is 0.508 e. The number of benzene rings is 2. The number of phenolic OH excluding ortho intramolecular Hbond substituents is 1. The maximum atomic E-state index is 9.66. The van der Waals surface area contributed by atoms with E-state index in [-0.39, 0.29) is 0 Å². The Balaban J connectivity index is 1.47. The van der Waals surface area contributed by atoms with E-state index < -0.39 is 0 Å². The molecule has 2 heteroatoms. The van der Waals surface area contributed by atoms with Crippen LogP contribution in [-0.4, -0.2) is 23.1 Å². The van der Waals surface area contributed by atoms with Crippen LogP contribution in [0.1, 0.15) is 34.6 Å². The van der Waals surface area contributed by atoms with Crippen LogP contribution in [0.2, 0.25) is 0 Å². The number of hydrogen-bond donors (Lipinski definition) is 1. The van der Waals surface area contributed by atoms with Gasteiger partial charge in [-0.3, -0.25) is 4.90 Å². The zero-order valence-electron chi connectivity index (χ0n) is 12.7. The van der Waals surface area contributed by atoms with Crippen LogP contribution in [-0.2, 0) is 13.0 Å². The number of hydrogen-bond acceptors (Lipinski definition) is 2. The first-order valence-corrected chi connectivity index (χ1v) is 8.08. The lowest BCUT2D eigenvalue weighted by atomic mass is 9.98. The molecule has 0 spiro atoms. The normalized spacial score (nSPS) is 20.5. The van der Waals surface area contributed by atoms with Gasteiger partial charge in [0.25, 0.3) is 0 Å². The molecular weight excluding hydrogens is 270 g/mol. The van der Waals surface area contributed by atoms with Gasteiger partial charge in [-0.25, -0.2) is 0 Å². The van der Waals surface area contributed by atoms with Gasteiger partial charge < -0.3 is 5.11 Å². The topological polar surface area (TPSA) is 23.5 Å². The van der Waals surface area contributed by atoms with Crippen molar-refractivity contribution in [2.45, 2.75) is 25.3 Å². The van der Waals surface area contributed by atoms with Gasteiger partial charge in [-0.2, -0.15) is 0 Å². The zero-order chi connectivity index (χ0) is 14.9. The molecule has 1 fully saturated rings. The standard InChI is InChI=1S/C20H21NO/c22-19-8-2-6-16(12-19)17-10-11-21(13-17)14-18-7-1-4-15-5-3-9-20(15)18/h1-8,12,17,22H,9-11,13-14H2. The quantitative estimate of drug-likeness (QED) is 0.925. The minimum Gasteiger partial charge on any atom is -0.508 e. The van der Waals surface area contributed by atoms with Crippen molar-refractivity contribution in [1.29, 1.82) is 0 Å². The SMILES string of the molecule is Oc1cccc(C2CCN(Cc3cccc4c3CC=C4)C2)c1. The molecule has 112 valence electrons. The molecule has 0 bridgehead atoms. The molecule has 0 radical (unpaired) electrons. The molecule has 4 rings (SSSR count). The second-order valence-electron chi connectivity index (χ2n) is 6.41. The summed E-state index contributed by atoms with van der Waals surface area (Å²) in [5.41, 5.74) is 5.63. The number of aromatic hydroxyl groups is 1. The smallest absolute Gasteiger partial charge is 0.115 e. The lowest BCUT2D eigenvalue weighted by molar-refractivity contribution is 0.326. The van der Waals surface area contributed by atoms with Crippen LogP contribution in [0.15, 0.2) is 48.5 Å². The highest BCUT2D eigenvalue weighted by atomic mass is 16.3. The fourth-order valence-corrected chi connectivity index (χ4v) is 3.78. The van der Waals surface area contributed by atoms with Crippen LogP contribution in [0.5, 0.6) is 5.75 Å². The van der Waals surface area contributed by atoms with Crippen molar-refractivity contribution in [2.24, 2.45) is 0 Å². The van der Waals surface area contributed by atoms with Gasteiger partial charge in [0.15, 0.2) is 0 Å². The minimum atomic E-state index is 0.378. The summed E-state index contributed by atoms with van der Waals surface area (Å²) < 4.78 is 0. The van der Waals surface area contributed by atoms with E-state index in [1.807, 2.05) is 12.1 Å². The summed E-state index contributed by atoms with van der Waals surface area (Å²) >= 11 is 0. The first-order valence-electron chi connectivity index (χ1n) is 8.08. The van der Waals surface area contributed by atoms with Gasteiger partial charge in [0.1, 0.15) is 5.75 Å². The van der Waals surface area contributed by atoms with Crippen molar-refractivity contribution in [1.82, 2.24) is 4.90 Å². The molecule has 22 heavy (non-hydrogen) atoms. The number of rotatable bonds is 3. The van der Waals surface area contributed by atoms with E-state index in [1.54, 1.807) is 6.07 Å². The van der Waals surface area contributed by atoms with Crippen molar-refractivity contribution in [2.75, 3.05) is 13.1 Å². The van der Waals surface area contributed by atoms with Crippen molar-refractivity contribution in [3.05, 3.63) is 70.8 Å². The van der Waals surface area contributed by atoms with Gasteiger partial charge in [0.2, 0.25) is 0 Å². The third-order valence-electron chi connectivity index (χ3n) is 4.94. The number of phenols is 1. The van der Waals surface area contributed by atoms with E-state index in [4.69, 9.17) is 0 Å². The van der Waals surface area contributed by atoms with Gasteiger partial charge in [0, 0.05) is 13.1 Å². The van der Waals surface area contributed by atoms with Crippen LogP contribution in [0.4, 0.5) is 0 Å². The molecule has 2 aromatic rings. The van der Waals surface area contributed by atoms with E-state index in [0.717, 1.165) is 26.1 Å². The molecule has 1 N–H and O–H groups in total. The van der Waals surface area contributed by atoms with Gasteiger partial charge >= 0.3 is 0 Å². The highest BCUT2D eigenvalue weighted by Crippen LogP contribution is 2.31. The lowest BCUT2D eigenvalue weighted by Crippen LogP contribution is -2.20. The summed E-state index contributed by atoms with van der Waals surface area (Å²) in [6.07, 6.45) is 6.75. The Kier molecular flexibility index (Phi) is 3.47. The molecule has 2 nitrogen and oxygen atoms in total. The number of fused-ring (bicyclic) bond motifs is 1. The highest BCUT2D eigenvalue weighted by molar-refractivity contribution is 5.61. The molecule has 0 saturated carbocycles. The predicted octanol–water partition coefficient (Wildman–Crippen LogP) is 3.95. The molecule has 1 unspecified atom stereocenters. The molecule has 1 atom stereocenters. The minimum absolute atomic E-state index is 0.378. The third-order valence-corrected chi connectivity index (χ3v) is 4.94. The first kappa shape index (κ1) is 13.6. The van der Waals surface area contributed by atoms with Crippen LogP contribution in [0.25, 0.3) is 6.08 Å². The fraction of sp³-hybridized carbons (Fsp3) is 0.300. The summed E-state index contributed by atoms with van der Waals surface area (Å²) in [6, 6.07) is 14.4. The van der Waals surface area contributed by atoms with E-state index in [0.29, 0.717) is 11.7 Å². The van der Waals surface area contributed by atoms with Crippen molar-refractivity contribution in [3.8, 4) is 5.75 Å². The van der Waals surface area contributed by atoms with Gasteiger partial charge in [0.05, 0.1) is 0 Å². The molecule has 1 saturated heterocycles. The van der Waals surface area contributed by atoms with Gasteiger partial charge in [-0.15, -0.1) is 0 Å². The molecule has 1 aliphatic heterocycles. The van der Waals surface area contributed by atoms with E-state index >= 15 is 0 Å². The average molecular weight is 291 g/mol. The molecule has 2 aliphatic rings. The maximum absolute atomic E-state index is 9.66. The number of allylic oxidation sites excluding steroid dienone is 1. The Bertz CT molecular complexity index is 719. The monoisotopic (exact) mass is 291 g/mol. The summed E-state index contributed by atoms with van der Waals surface area (Å²) in [4.78, 5) is 2.54. The van der Waals surface area contributed by atoms with Crippen molar-refractivity contribution < 1.29 is 5.11 Å². The Morgan fingerprint density at radius 1 is 1.14 bits per heavy atom. The Labute approximate surface area is 131 Å². The number of nitrogens with zero attached hydrogens (tertiary/aromatic N) is 1. The molecule has 1 aliphatic carbocycles. The zero-order valence-corrected chi connectivity index (χ0v) is 12.7. The average Bonchev–Trinajstić information content (AvgIpc) is 3.16. The Morgan fingerprint density at radius 3 is 2.95 bits per heavy atom. The summed E-state index contributed by atoms with van der Waals surface area (Å²) in [7, 11) is 0. The third kappa shape index (κ3) is 2.55. The van der Waals surface area contributed by atoms with Crippen LogP contribution >= 0.6 is 0 Å². The maximum Gasteiger partial charge on any atom is 0.115 e. The second kappa shape index (κ2) is 5.62. The summed E-state index contributed by atoms with van der Waals surface area (Å²) in [5, 5.41) is 9.66. The molecule has 1 heterocycles. The lowest BCUT2D eigenvalue weighted by Gasteiger charge is -2.18. The molecule has 0 amide bonds. The molecular formula is C20H21NO. The van der Waals surface area contributed by atoms with Crippen molar-refractivity contribution >= 4 is 6.08 Å². The van der Waals surface area contributed by atoms with Gasteiger partial charge in [-0.1, -0.05) is 42.5 Å². The number of likely N-dealkylation sites (tertiary alicyclic amines) is 1. The van der Waals surface area contributed by atoms with Crippen LogP contribution in [0, 0.1) is 0 Å². The first-order chi connectivity index (χ1) is 10.8. The fourth-order valence-electron chi connectivity index (χ4n) is 3.78.